The fraction of sp³-hybridized carbons (Fsp3) is 0.188. The van der Waals surface area contributed by atoms with Gasteiger partial charge in [0.05, 0.1) is 22.3 Å². The molecule has 0 bridgehead atoms. The van der Waals surface area contributed by atoms with Gasteiger partial charge in [-0.1, -0.05) is 24.3 Å². The Morgan fingerprint density at radius 1 is 1.05 bits per heavy atom. The number of hydrogen-bond acceptors (Lipinski definition) is 3. The van der Waals surface area contributed by atoms with Gasteiger partial charge in [-0.3, -0.25) is 0 Å². The molecule has 0 spiro atoms. The minimum atomic E-state index is -3.37. The van der Waals surface area contributed by atoms with E-state index < -0.39 is 9.84 Å². The molecule has 0 heterocycles. The molecule has 4 heteroatoms. The van der Waals surface area contributed by atoms with Gasteiger partial charge in [0.2, 0.25) is 0 Å². The standard InChI is InChI=1S/C16H15NO2S/c1-12-5-3-4-6-16(12)20(18,19)11-15-8-7-14(10-17)9-13(15)2/h3-9H,11H2,1-2H3. The van der Waals surface area contributed by atoms with Crippen molar-refractivity contribution in [2.24, 2.45) is 0 Å². The second kappa shape index (κ2) is 5.48. The summed E-state index contributed by atoms with van der Waals surface area (Å²) in [6.45, 7) is 3.61. The van der Waals surface area contributed by atoms with Crippen molar-refractivity contribution >= 4 is 9.84 Å². The zero-order valence-corrected chi connectivity index (χ0v) is 12.2. The van der Waals surface area contributed by atoms with Crippen LogP contribution >= 0.6 is 0 Å². The van der Waals surface area contributed by atoms with Crippen molar-refractivity contribution in [3.8, 4) is 6.07 Å². The summed E-state index contributed by atoms with van der Waals surface area (Å²) >= 11 is 0. The Balaban J connectivity index is 2.40. The molecule has 2 aromatic carbocycles. The summed E-state index contributed by atoms with van der Waals surface area (Å²) < 4.78 is 24.9. The van der Waals surface area contributed by atoms with Crippen molar-refractivity contribution in [1.29, 1.82) is 5.26 Å². The van der Waals surface area contributed by atoms with Gasteiger partial charge in [-0.2, -0.15) is 5.26 Å². The van der Waals surface area contributed by atoms with Gasteiger partial charge in [0.25, 0.3) is 0 Å². The molecule has 0 saturated carbocycles. The SMILES string of the molecule is Cc1cc(C#N)ccc1CS(=O)(=O)c1ccccc1C. The minimum absolute atomic E-state index is 0.0462. The largest absolute Gasteiger partial charge is 0.223 e. The third-order valence-electron chi connectivity index (χ3n) is 3.25. The van der Waals surface area contributed by atoms with Crippen LogP contribution in [0.5, 0.6) is 0 Å². The molecule has 0 saturated heterocycles. The predicted molar refractivity (Wildman–Crippen MR) is 78.0 cm³/mol. The molecule has 0 aliphatic carbocycles. The average Bonchev–Trinajstić information content (AvgIpc) is 2.41. The smallest absolute Gasteiger partial charge is 0.182 e. The normalized spacial score (nSPS) is 11.1. The first-order chi connectivity index (χ1) is 9.44. The molecule has 3 nitrogen and oxygen atoms in total. The van der Waals surface area contributed by atoms with Crippen LogP contribution in [0, 0.1) is 25.2 Å². The molecule has 0 amide bonds. The third-order valence-corrected chi connectivity index (χ3v) is 5.07. The van der Waals surface area contributed by atoms with Crippen LogP contribution in [-0.2, 0) is 15.6 Å². The monoisotopic (exact) mass is 285 g/mol. The Hall–Kier alpha value is -2.12. The van der Waals surface area contributed by atoms with Crippen LogP contribution in [0.1, 0.15) is 22.3 Å². The van der Waals surface area contributed by atoms with Crippen LogP contribution in [0.25, 0.3) is 0 Å². The molecule has 20 heavy (non-hydrogen) atoms. The van der Waals surface area contributed by atoms with Crippen molar-refractivity contribution in [2.75, 3.05) is 0 Å². The highest BCUT2D eigenvalue weighted by atomic mass is 32.2. The maximum absolute atomic E-state index is 12.5. The third kappa shape index (κ3) is 2.89. The van der Waals surface area contributed by atoms with Crippen molar-refractivity contribution in [3.63, 3.8) is 0 Å². The van der Waals surface area contributed by atoms with E-state index in [-0.39, 0.29) is 5.75 Å². The fourth-order valence-corrected chi connectivity index (χ4v) is 3.85. The van der Waals surface area contributed by atoms with Gasteiger partial charge in [0, 0.05) is 0 Å². The lowest BCUT2D eigenvalue weighted by molar-refractivity contribution is 0.594. The summed E-state index contributed by atoms with van der Waals surface area (Å²) in [5.74, 6) is -0.0462. The van der Waals surface area contributed by atoms with E-state index >= 15 is 0 Å². The molecule has 0 radical (unpaired) electrons. The molecule has 0 aromatic heterocycles. The summed E-state index contributed by atoms with van der Waals surface area (Å²) in [6.07, 6.45) is 0. The van der Waals surface area contributed by atoms with Crippen LogP contribution in [0.15, 0.2) is 47.4 Å². The summed E-state index contributed by atoms with van der Waals surface area (Å²) in [6, 6.07) is 14.1. The van der Waals surface area contributed by atoms with E-state index in [9.17, 15) is 8.42 Å². The molecule has 102 valence electrons. The maximum atomic E-state index is 12.5. The topological polar surface area (TPSA) is 57.9 Å². The van der Waals surface area contributed by atoms with Gasteiger partial charge in [-0.25, -0.2) is 8.42 Å². The molecule has 2 rings (SSSR count). The highest BCUT2D eigenvalue weighted by molar-refractivity contribution is 7.90. The Morgan fingerprint density at radius 2 is 1.75 bits per heavy atom. The van der Waals surface area contributed by atoms with Crippen LogP contribution in [-0.4, -0.2) is 8.42 Å². The van der Waals surface area contributed by atoms with Crippen LogP contribution in [0.4, 0.5) is 0 Å². The number of nitrogens with zero attached hydrogens (tertiary/aromatic N) is 1. The average molecular weight is 285 g/mol. The van der Waals surface area contributed by atoms with E-state index in [1.807, 2.05) is 19.1 Å². The molecular weight excluding hydrogens is 270 g/mol. The maximum Gasteiger partial charge on any atom is 0.182 e. The first kappa shape index (κ1) is 14.3. The Kier molecular flexibility index (Phi) is 3.91. The van der Waals surface area contributed by atoms with E-state index in [4.69, 9.17) is 5.26 Å². The summed E-state index contributed by atoms with van der Waals surface area (Å²) in [5, 5.41) is 8.83. The van der Waals surface area contributed by atoms with E-state index in [2.05, 4.69) is 0 Å². The zero-order chi connectivity index (χ0) is 14.8. The lowest BCUT2D eigenvalue weighted by Gasteiger charge is -2.09. The highest BCUT2D eigenvalue weighted by Crippen LogP contribution is 2.22. The van der Waals surface area contributed by atoms with Gasteiger partial charge < -0.3 is 0 Å². The lowest BCUT2D eigenvalue weighted by Crippen LogP contribution is -2.07. The fourth-order valence-electron chi connectivity index (χ4n) is 2.12. The number of rotatable bonds is 3. The van der Waals surface area contributed by atoms with Crippen molar-refractivity contribution in [3.05, 3.63) is 64.7 Å². The van der Waals surface area contributed by atoms with Gasteiger partial charge in [-0.05, 0) is 48.7 Å². The Morgan fingerprint density at radius 3 is 2.35 bits per heavy atom. The van der Waals surface area contributed by atoms with E-state index in [0.29, 0.717) is 10.5 Å². The lowest BCUT2D eigenvalue weighted by atomic mass is 10.1. The van der Waals surface area contributed by atoms with Gasteiger partial charge in [-0.15, -0.1) is 0 Å². The molecule has 2 aromatic rings. The minimum Gasteiger partial charge on any atom is -0.223 e. The van der Waals surface area contributed by atoms with Crippen LogP contribution in [0.2, 0.25) is 0 Å². The number of aryl methyl sites for hydroxylation is 2. The predicted octanol–water partition coefficient (Wildman–Crippen LogP) is 3.15. The molecule has 0 unspecified atom stereocenters. The molecule has 0 aliphatic rings. The van der Waals surface area contributed by atoms with Crippen molar-refractivity contribution in [1.82, 2.24) is 0 Å². The zero-order valence-electron chi connectivity index (χ0n) is 11.4. The molecule has 0 N–H and O–H groups in total. The number of benzene rings is 2. The molecule has 0 aliphatic heterocycles. The van der Waals surface area contributed by atoms with Crippen molar-refractivity contribution < 1.29 is 8.42 Å². The van der Waals surface area contributed by atoms with Gasteiger partial charge in [0.15, 0.2) is 9.84 Å². The summed E-state index contributed by atoms with van der Waals surface area (Å²) in [4.78, 5) is 0.365. The number of hydrogen-bond donors (Lipinski definition) is 0. The number of nitriles is 1. The molecule has 0 atom stereocenters. The quantitative estimate of drug-likeness (QED) is 0.870. The molecule has 0 fully saturated rings. The Bertz CT molecular complexity index is 786. The van der Waals surface area contributed by atoms with E-state index in [1.165, 1.54) is 0 Å². The second-order valence-electron chi connectivity index (χ2n) is 4.78. The van der Waals surface area contributed by atoms with Gasteiger partial charge >= 0.3 is 0 Å². The second-order valence-corrected chi connectivity index (χ2v) is 6.74. The first-order valence-electron chi connectivity index (χ1n) is 6.22. The summed E-state index contributed by atoms with van der Waals surface area (Å²) in [5.41, 5.74) is 2.84. The molecular formula is C16H15NO2S. The first-order valence-corrected chi connectivity index (χ1v) is 7.87. The van der Waals surface area contributed by atoms with Crippen LogP contribution in [0.3, 0.4) is 0 Å². The highest BCUT2D eigenvalue weighted by Gasteiger charge is 2.18. The van der Waals surface area contributed by atoms with Crippen molar-refractivity contribution in [2.45, 2.75) is 24.5 Å². The number of sulfone groups is 1. The summed E-state index contributed by atoms with van der Waals surface area (Å²) in [7, 11) is -3.37. The van der Waals surface area contributed by atoms with E-state index in [1.54, 1.807) is 43.3 Å². The van der Waals surface area contributed by atoms with Crippen LogP contribution < -0.4 is 0 Å². The van der Waals surface area contributed by atoms with E-state index in [0.717, 1.165) is 16.7 Å². The Labute approximate surface area is 119 Å². The van der Waals surface area contributed by atoms with Gasteiger partial charge in [0.1, 0.15) is 0 Å².